The predicted molar refractivity (Wildman–Crippen MR) is 72.9 cm³/mol. The van der Waals surface area contributed by atoms with Crippen LogP contribution in [0.15, 0.2) is 18.2 Å². The number of aryl methyl sites for hydroxylation is 1. The molecule has 2 N–H and O–H groups in total. The van der Waals surface area contributed by atoms with Crippen LogP contribution in [0.4, 0.5) is 4.39 Å². The first kappa shape index (κ1) is 13.9. The zero-order valence-electron chi connectivity index (χ0n) is 10.9. The number of halogens is 1. The van der Waals surface area contributed by atoms with Gasteiger partial charge in [-0.25, -0.2) is 4.39 Å². The molecular weight excluding hydrogens is 265 g/mol. The van der Waals surface area contributed by atoms with Crippen LogP contribution in [0, 0.1) is 5.82 Å². The summed E-state index contributed by atoms with van der Waals surface area (Å²) in [6.07, 6.45) is 1.36. The highest BCUT2D eigenvalue weighted by Crippen LogP contribution is 2.24. The highest BCUT2D eigenvalue weighted by molar-refractivity contribution is 7.05. The average molecular weight is 281 g/mol. The number of benzene rings is 1. The van der Waals surface area contributed by atoms with E-state index in [0.29, 0.717) is 6.42 Å². The largest absolute Gasteiger partial charge is 0.494 e. The van der Waals surface area contributed by atoms with E-state index in [1.54, 1.807) is 6.07 Å². The summed E-state index contributed by atoms with van der Waals surface area (Å²) in [5.41, 5.74) is 7.90. The summed E-state index contributed by atoms with van der Waals surface area (Å²) in [5.74, 6) is -0.128. The van der Waals surface area contributed by atoms with Crippen LogP contribution < -0.4 is 10.5 Å². The van der Waals surface area contributed by atoms with E-state index in [4.69, 9.17) is 10.5 Å². The van der Waals surface area contributed by atoms with Gasteiger partial charge in [-0.2, -0.15) is 0 Å². The molecule has 0 spiro atoms. The van der Waals surface area contributed by atoms with Crippen LogP contribution in [0.1, 0.15) is 29.1 Å². The average Bonchev–Trinajstić information content (AvgIpc) is 2.87. The highest BCUT2D eigenvalue weighted by Gasteiger charge is 2.16. The molecule has 0 fully saturated rings. The van der Waals surface area contributed by atoms with Crippen molar-refractivity contribution >= 4 is 11.5 Å². The van der Waals surface area contributed by atoms with Gasteiger partial charge in [0.15, 0.2) is 11.6 Å². The fourth-order valence-corrected chi connectivity index (χ4v) is 2.66. The van der Waals surface area contributed by atoms with E-state index in [0.717, 1.165) is 22.6 Å². The lowest BCUT2D eigenvalue weighted by Gasteiger charge is -2.11. The van der Waals surface area contributed by atoms with E-state index >= 15 is 0 Å². The molecule has 0 amide bonds. The van der Waals surface area contributed by atoms with Gasteiger partial charge in [-0.15, -0.1) is 5.10 Å². The SMILES string of the molecule is CCc1nnsc1C(N)Cc1ccc(OC)c(F)c1. The fraction of sp³-hybridized carbons (Fsp3) is 0.385. The molecule has 0 saturated carbocycles. The molecule has 1 atom stereocenters. The fourth-order valence-electron chi connectivity index (χ4n) is 1.93. The second-order valence-electron chi connectivity index (χ2n) is 4.22. The van der Waals surface area contributed by atoms with Gasteiger partial charge >= 0.3 is 0 Å². The van der Waals surface area contributed by atoms with Gasteiger partial charge in [0.25, 0.3) is 0 Å². The summed E-state index contributed by atoms with van der Waals surface area (Å²) < 4.78 is 22.4. The third-order valence-electron chi connectivity index (χ3n) is 2.93. The highest BCUT2D eigenvalue weighted by atomic mass is 32.1. The summed E-state index contributed by atoms with van der Waals surface area (Å²) in [6, 6.07) is 4.69. The van der Waals surface area contributed by atoms with Crippen molar-refractivity contribution in [1.29, 1.82) is 0 Å². The molecular formula is C13H16FN3OS. The molecule has 0 radical (unpaired) electrons. The number of aromatic nitrogens is 2. The minimum Gasteiger partial charge on any atom is -0.494 e. The molecule has 19 heavy (non-hydrogen) atoms. The van der Waals surface area contributed by atoms with Crippen molar-refractivity contribution in [3.8, 4) is 5.75 Å². The molecule has 2 aromatic rings. The standard InChI is InChI=1S/C13H16FN3OS/c1-3-11-13(19-17-16-11)10(15)7-8-4-5-12(18-2)9(14)6-8/h4-6,10H,3,7,15H2,1-2H3. The Kier molecular flexibility index (Phi) is 4.44. The van der Waals surface area contributed by atoms with Gasteiger partial charge in [-0.1, -0.05) is 17.5 Å². The molecule has 1 heterocycles. The van der Waals surface area contributed by atoms with Crippen LogP contribution >= 0.6 is 11.5 Å². The second kappa shape index (κ2) is 6.08. The minimum absolute atomic E-state index is 0.206. The molecule has 6 heteroatoms. The Morgan fingerprint density at radius 2 is 2.26 bits per heavy atom. The van der Waals surface area contributed by atoms with Gasteiger partial charge in [-0.05, 0) is 42.1 Å². The summed E-state index contributed by atoms with van der Waals surface area (Å²) >= 11 is 1.31. The van der Waals surface area contributed by atoms with E-state index < -0.39 is 0 Å². The van der Waals surface area contributed by atoms with Gasteiger partial charge in [-0.3, -0.25) is 0 Å². The first-order valence-electron chi connectivity index (χ1n) is 6.04. The Morgan fingerprint density at radius 3 is 2.89 bits per heavy atom. The molecule has 102 valence electrons. The third kappa shape index (κ3) is 3.08. The Hall–Kier alpha value is -1.53. The summed E-state index contributed by atoms with van der Waals surface area (Å²) in [4.78, 5) is 0.971. The molecule has 0 aliphatic heterocycles. The van der Waals surface area contributed by atoms with Crippen LogP contribution in [0.5, 0.6) is 5.75 Å². The van der Waals surface area contributed by atoms with Crippen molar-refractivity contribution in [1.82, 2.24) is 9.59 Å². The molecule has 0 saturated heterocycles. The van der Waals surface area contributed by atoms with Crippen LogP contribution in [0.2, 0.25) is 0 Å². The van der Waals surface area contributed by atoms with Crippen LogP contribution in [-0.4, -0.2) is 16.7 Å². The molecule has 1 aromatic heterocycles. The van der Waals surface area contributed by atoms with Crippen molar-refractivity contribution in [2.24, 2.45) is 5.73 Å². The second-order valence-corrected chi connectivity index (χ2v) is 5.00. The van der Waals surface area contributed by atoms with E-state index in [-0.39, 0.29) is 17.6 Å². The van der Waals surface area contributed by atoms with Crippen molar-refractivity contribution in [3.05, 3.63) is 40.2 Å². The molecule has 4 nitrogen and oxygen atoms in total. The summed E-state index contributed by atoms with van der Waals surface area (Å²) in [7, 11) is 1.44. The number of ether oxygens (including phenoxy) is 1. The maximum atomic E-state index is 13.6. The summed E-state index contributed by atoms with van der Waals surface area (Å²) in [6.45, 7) is 2.01. The molecule has 1 aromatic carbocycles. The molecule has 0 bridgehead atoms. The number of nitrogens with zero attached hydrogens (tertiary/aromatic N) is 2. The monoisotopic (exact) mass is 281 g/mol. The number of nitrogens with two attached hydrogens (primary N) is 1. The molecule has 2 rings (SSSR count). The Morgan fingerprint density at radius 1 is 1.47 bits per heavy atom. The number of rotatable bonds is 5. The number of hydrogen-bond donors (Lipinski definition) is 1. The van der Waals surface area contributed by atoms with Gasteiger partial charge in [0.1, 0.15) is 0 Å². The van der Waals surface area contributed by atoms with Gasteiger partial charge < -0.3 is 10.5 Å². The van der Waals surface area contributed by atoms with Gasteiger partial charge in [0.05, 0.1) is 17.7 Å². The Labute approximate surface area is 115 Å². The van der Waals surface area contributed by atoms with E-state index in [2.05, 4.69) is 9.59 Å². The van der Waals surface area contributed by atoms with Gasteiger partial charge in [0, 0.05) is 6.04 Å². The minimum atomic E-state index is -0.370. The van der Waals surface area contributed by atoms with Crippen molar-refractivity contribution in [3.63, 3.8) is 0 Å². The van der Waals surface area contributed by atoms with Crippen molar-refractivity contribution < 1.29 is 9.13 Å². The van der Waals surface area contributed by atoms with Crippen molar-refractivity contribution in [2.45, 2.75) is 25.8 Å². The lowest BCUT2D eigenvalue weighted by atomic mass is 10.0. The third-order valence-corrected chi connectivity index (χ3v) is 3.83. The first-order valence-corrected chi connectivity index (χ1v) is 6.82. The zero-order chi connectivity index (χ0) is 13.8. The van der Waals surface area contributed by atoms with E-state index in [9.17, 15) is 4.39 Å². The molecule has 0 aliphatic carbocycles. The topological polar surface area (TPSA) is 61.0 Å². The smallest absolute Gasteiger partial charge is 0.165 e. The Balaban J connectivity index is 2.15. The number of hydrogen-bond acceptors (Lipinski definition) is 5. The number of methoxy groups -OCH3 is 1. The Bertz CT molecular complexity index is 559. The molecule has 1 unspecified atom stereocenters. The summed E-state index contributed by atoms with van der Waals surface area (Å²) in [5, 5.41) is 4.04. The zero-order valence-corrected chi connectivity index (χ0v) is 11.7. The normalized spacial score (nSPS) is 12.4. The quantitative estimate of drug-likeness (QED) is 0.914. The first-order chi connectivity index (χ1) is 9.15. The maximum Gasteiger partial charge on any atom is 0.165 e. The van der Waals surface area contributed by atoms with Crippen LogP contribution in [-0.2, 0) is 12.8 Å². The molecule has 0 aliphatic rings. The van der Waals surface area contributed by atoms with Crippen LogP contribution in [0.3, 0.4) is 0 Å². The predicted octanol–water partition coefficient (Wildman–Crippen LogP) is 2.49. The lowest BCUT2D eigenvalue weighted by molar-refractivity contribution is 0.386. The van der Waals surface area contributed by atoms with E-state index in [1.807, 2.05) is 13.0 Å². The van der Waals surface area contributed by atoms with Crippen molar-refractivity contribution in [2.75, 3.05) is 7.11 Å². The van der Waals surface area contributed by atoms with Gasteiger partial charge in [0.2, 0.25) is 0 Å². The maximum absolute atomic E-state index is 13.6. The van der Waals surface area contributed by atoms with E-state index in [1.165, 1.54) is 24.7 Å². The lowest BCUT2D eigenvalue weighted by Crippen LogP contribution is -2.14. The van der Waals surface area contributed by atoms with Crippen LogP contribution in [0.25, 0.3) is 0 Å².